The molecule has 0 aliphatic carbocycles. The van der Waals surface area contributed by atoms with Crippen molar-refractivity contribution in [2.75, 3.05) is 26.2 Å². The molecule has 0 N–H and O–H groups in total. The van der Waals surface area contributed by atoms with E-state index in [-0.39, 0.29) is 5.91 Å². The summed E-state index contributed by atoms with van der Waals surface area (Å²) in [4.78, 5) is 21.4. The number of aryl methyl sites for hydroxylation is 1. The van der Waals surface area contributed by atoms with Crippen molar-refractivity contribution in [1.29, 1.82) is 0 Å². The van der Waals surface area contributed by atoms with Crippen molar-refractivity contribution in [2.24, 2.45) is 0 Å². The van der Waals surface area contributed by atoms with Gasteiger partial charge in [0.1, 0.15) is 0 Å². The first-order valence-corrected chi connectivity index (χ1v) is 9.23. The molecule has 0 saturated carbocycles. The molecule has 5 nitrogen and oxygen atoms in total. The molecule has 0 spiro atoms. The maximum Gasteiger partial charge on any atom is 0.224 e. The van der Waals surface area contributed by atoms with Crippen LogP contribution in [0.2, 0.25) is 0 Å². The van der Waals surface area contributed by atoms with E-state index in [1.165, 1.54) is 5.56 Å². The van der Waals surface area contributed by atoms with E-state index in [1.54, 1.807) is 0 Å². The number of hydrogen-bond acceptors (Lipinski definition) is 3. The average molecular weight is 348 g/mol. The van der Waals surface area contributed by atoms with Crippen LogP contribution in [0.5, 0.6) is 0 Å². The van der Waals surface area contributed by atoms with Crippen molar-refractivity contribution >= 4 is 16.9 Å². The van der Waals surface area contributed by atoms with Crippen LogP contribution in [0.15, 0.2) is 60.9 Å². The van der Waals surface area contributed by atoms with Crippen LogP contribution in [0.25, 0.3) is 11.0 Å². The lowest BCUT2D eigenvalue weighted by molar-refractivity contribution is -0.133. The third-order valence-electron chi connectivity index (χ3n) is 5.07. The number of fused-ring (bicyclic) bond motifs is 1. The van der Waals surface area contributed by atoms with Gasteiger partial charge in [-0.15, -0.1) is 0 Å². The molecule has 26 heavy (non-hydrogen) atoms. The molecule has 5 heteroatoms. The van der Waals surface area contributed by atoms with Crippen molar-refractivity contribution in [3.8, 4) is 0 Å². The Labute approximate surface area is 153 Å². The van der Waals surface area contributed by atoms with E-state index in [1.807, 2.05) is 35.5 Å². The van der Waals surface area contributed by atoms with Crippen LogP contribution in [0, 0.1) is 0 Å². The monoisotopic (exact) mass is 348 g/mol. The summed E-state index contributed by atoms with van der Waals surface area (Å²) in [5, 5.41) is 0. The van der Waals surface area contributed by atoms with Gasteiger partial charge >= 0.3 is 0 Å². The van der Waals surface area contributed by atoms with Gasteiger partial charge in [-0.05, 0) is 17.7 Å². The van der Waals surface area contributed by atoms with Crippen molar-refractivity contribution in [2.45, 2.75) is 19.5 Å². The van der Waals surface area contributed by atoms with E-state index >= 15 is 0 Å². The van der Waals surface area contributed by atoms with Crippen molar-refractivity contribution in [3.05, 3.63) is 66.5 Å². The lowest BCUT2D eigenvalue weighted by atomic mass is 10.2. The normalized spacial score (nSPS) is 15.5. The number of piperazine rings is 1. The maximum absolute atomic E-state index is 12.6. The summed E-state index contributed by atoms with van der Waals surface area (Å²) < 4.78 is 2.07. The third kappa shape index (κ3) is 3.78. The maximum atomic E-state index is 12.6. The first-order chi connectivity index (χ1) is 12.8. The molecule has 0 atom stereocenters. The molecule has 0 bridgehead atoms. The molecular formula is C21H24N4O. The zero-order valence-corrected chi connectivity index (χ0v) is 14.9. The minimum Gasteiger partial charge on any atom is -0.340 e. The number of hydrogen-bond donors (Lipinski definition) is 0. The summed E-state index contributed by atoms with van der Waals surface area (Å²) in [6.45, 7) is 5.16. The molecule has 1 saturated heterocycles. The van der Waals surface area contributed by atoms with Gasteiger partial charge in [0.05, 0.1) is 17.4 Å². The molecule has 1 aromatic heterocycles. The van der Waals surface area contributed by atoms with Crippen LogP contribution in [0.4, 0.5) is 0 Å². The second-order valence-corrected chi connectivity index (χ2v) is 6.82. The number of carbonyl (C=O) groups is 1. The second-order valence-electron chi connectivity index (χ2n) is 6.82. The molecule has 4 rings (SSSR count). The molecule has 2 aromatic carbocycles. The van der Waals surface area contributed by atoms with Gasteiger partial charge in [-0.25, -0.2) is 4.98 Å². The Kier molecular flexibility index (Phi) is 4.97. The van der Waals surface area contributed by atoms with E-state index in [4.69, 9.17) is 0 Å². The number of benzene rings is 2. The minimum absolute atomic E-state index is 0.238. The first kappa shape index (κ1) is 16.8. The Morgan fingerprint density at radius 1 is 0.923 bits per heavy atom. The van der Waals surface area contributed by atoms with Crippen molar-refractivity contribution in [1.82, 2.24) is 19.4 Å². The minimum atomic E-state index is 0.238. The van der Waals surface area contributed by atoms with Gasteiger partial charge < -0.3 is 9.47 Å². The highest BCUT2D eigenvalue weighted by atomic mass is 16.2. The summed E-state index contributed by atoms with van der Waals surface area (Å²) in [5.74, 6) is 0.238. The zero-order valence-electron chi connectivity index (χ0n) is 14.9. The molecule has 0 radical (unpaired) electrons. The summed E-state index contributed by atoms with van der Waals surface area (Å²) in [6, 6.07) is 18.6. The number of imidazole rings is 1. The van der Waals surface area contributed by atoms with Gasteiger partial charge in [0.2, 0.25) is 5.91 Å². The van der Waals surface area contributed by atoms with E-state index < -0.39 is 0 Å². The van der Waals surface area contributed by atoms with Crippen LogP contribution >= 0.6 is 0 Å². The van der Waals surface area contributed by atoms with Crippen LogP contribution in [-0.4, -0.2) is 51.4 Å². The first-order valence-electron chi connectivity index (χ1n) is 9.23. The second kappa shape index (κ2) is 7.70. The zero-order chi connectivity index (χ0) is 17.8. The summed E-state index contributed by atoms with van der Waals surface area (Å²) in [7, 11) is 0. The smallest absolute Gasteiger partial charge is 0.224 e. The van der Waals surface area contributed by atoms with E-state index in [0.29, 0.717) is 13.0 Å². The molecule has 1 fully saturated rings. The molecule has 1 aliphatic heterocycles. The number of carbonyl (C=O) groups excluding carboxylic acids is 1. The lowest BCUT2D eigenvalue weighted by Gasteiger charge is -2.34. The Bertz CT molecular complexity index is 866. The van der Waals surface area contributed by atoms with Crippen LogP contribution in [0.1, 0.15) is 12.0 Å². The molecule has 1 amide bonds. The molecule has 3 aromatic rings. The van der Waals surface area contributed by atoms with Gasteiger partial charge in [0.15, 0.2) is 0 Å². The Morgan fingerprint density at radius 3 is 2.46 bits per heavy atom. The fourth-order valence-corrected chi connectivity index (χ4v) is 3.56. The molecular weight excluding hydrogens is 324 g/mol. The number of rotatable bonds is 5. The van der Waals surface area contributed by atoms with Gasteiger partial charge in [-0.3, -0.25) is 9.69 Å². The SMILES string of the molecule is O=C(CCn1cnc2ccccc21)N1CCN(Cc2ccccc2)CC1. The molecule has 134 valence electrons. The lowest BCUT2D eigenvalue weighted by Crippen LogP contribution is -2.48. The van der Waals surface area contributed by atoms with Crippen LogP contribution in [-0.2, 0) is 17.9 Å². The Morgan fingerprint density at radius 2 is 1.65 bits per heavy atom. The average Bonchev–Trinajstić information content (AvgIpc) is 3.11. The Balaban J connectivity index is 1.27. The quantitative estimate of drug-likeness (QED) is 0.712. The van der Waals surface area contributed by atoms with E-state index in [2.05, 4.69) is 44.8 Å². The fourth-order valence-electron chi connectivity index (χ4n) is 3.56. The van der Waals surface area contributed by atoms with Gasteiger partial charge in [-0.2, -0.15) is 0 Å². The molecule has 0 unspecified atom stereocenters. The van der Waals surface area contributed by atoms with Gasteiger partial charge in [-0.1, -0.05) is 42.5 Å². The number of nitrogens with zero attached hydrogens (tertiary/aromatic N) is 4. The van der Waals surface area contributed by atoms with Crippen molar-refractivity contribution < 1.29 is 4.79 Å². The summed E-state index contributed by atoms with van der Waals surface area (Å²) in [6.07, 6.45) is 2.36. The third-order valence-corrected chi connectivity index (χ3v) is 5.07. The number of para-hydroxylation sites is 2. The number of aromatic nitrogens is 2. The Hall–Kier alpha value is -2.66. The number of amides is 1. The van der Waals surface area contributed by atoms with E-state index in [0.717, 1.165) is 43.8 Å². The van der Waals surface area contributed by atoms with Crippen LogP contribution < -0.4 is 0 Å². The van der Waals surface area contributed by atoms with Gasteiger partial charge in [0, 0.05) is 45.7 Å². The molecule has 2 heterocycles. The molecule has 1 aliphatic rings. The highest BCUT2D eigenvalue weighted by molar-refractivity contribution is 5.77. The standard InChI is InChI=1S/C21H24N4O/c26-21(10-11-25-17-22-19-8-4-5-9-20(19)25)24-14-12-23(13-15-24)16-18-6-2-1-3-7-18/h1-9,17H,10-16H2. The predicted octanol–water partition coefficient (Wildman–Crippen LogP) is 2.77. The van der Waals surface area contributed by atoms with E-state index in [9.17, 15) is 4.79 Å². The summed E-state index contributed by atoms with van der Waals surface area (Å²) in [5.41, 5.74) is 3.40. The van der Waals surface area contributed by atoms with Crippen molar-refractivity contribution in [3.63, 3.8) is 0 Å². The van der Waals surface area contributed by atoms with Crippen LogP contribution in [0.3, 0.4) is 0 Å². The highest BCUT2D eigenvalue weighted by Crippen LogP contribution is 2.13. The highest BCUT2D eigenvalue weighted by Gasteiger charge is 2.21. The summed E-state index contributed by atoms with van der Waals surface area (Å²) >= 11 is 0. The topological polar surface area (TPSA) is 41.4 Å². The van der Waals surface area contributed by atoms with Gasteiger partial charge in [0.25, 0.3) is 0 Å². The predicted molar refractivity (Wildman–Crippen MR) is 103 cm³/mol. The largest absolute Gasteiger partial charge is 0.340 e. The fraction of sp³-hybridized carbons (Fsp3) is 0.333.